The SMILES string of the molecule is CCc1nn(-c2ccccc2)c(Oc2cccc(OC)c2)c1CN(CC1CC1)C(=O)c1ccccc1. The Kier molecular flexibility index (Phi) is 7.03. The van der Waals surface area contributed by atoms with Gasteiger partial charge in [0.1, 0.15) is 11.5 Å². The quantitative estimate of drug-likeness (QED) is 0.267. The van der Waals surface area contributed by atoms with E-state index in [1.807, 2.05) is 94.5 Å². The molecule has 1 fully saturated rings. The first-order valence-electron chi connectivity index (χ1n) is 12.5. The fraction of sp³-hybridized carbons (Fsp3) is 0.267. The molecule has 36 heavy (non-hydrogen) atoms. The van der Waals surface area contributed by atoms with E-state index >= 15 is 0 Å². The largest absolute Gasteiger partial charge is 0.497 e. The third-order valence-corrected chi connectivity index (χ3v) is 6.44. The van der Waals surface area contributed by atoms with Gasteiger partial charge in [-0.05, 0) is 61.6 Å². The molecule has 6 heteroatoms. The van der Waals surface area contributed by atoms with Gasteiger partial charge in [-0.3, -0.25) is 4.79 Å². The number of rotatable bonds is 10. The molecule has 1 aliphatic carbocycles. The lowest BCUT2D eigenvalue weighted by molar-refractivity contribution is 0.0733. The Labute approximate surface area is 212 Å². The summed E-state index contributed by atoms with van der Waals surface area (Å²) >= 11 is 0. The summed E-state index contributed by atoms with van der Waals surface area (Å²) in [6.45, 7) is 3.24. The summed E-state index contributed by atoms with van der Waals surface area (Å²) in [5.41, 5.74) is 3.44. The van der Waals surface area contributed by atoms with E-state index in [9.17, 15) is 4.79 Å². The molecular formula is C30H31N3O3. The second-order valence-electron chi connectivity index (χ2n) is 9.11. The third-order valence-electron chi connectivity index (χ3n) is 6.44. The van der Waals surface area contributed by atoms with Gasteiger partial charge in [-0.15, -0.1) is 0 Å². The van der Waals surface area contributed by atoms with Crippen molar-refractivity contribution in [3.8, 4) is 23.1 Å². The molecule has 1 amide bonds. The number of nitrogens with zero attached hydrogens (tertiary/aromatic N) is 3. The maximum atomic E-state index is 13.6. The van der Waals surface area contributed by atoms with Crippen molar-refractivity contribution < 1.29 is 14.3 Å². The van der Waals surface area contributed by atoms with Crippen molar-refractivity contribution in [3.63, 3.8) is 0 Å². The Morgan fingerprint density at radius 1 is 0.972 bits per heavy atom. The number of aromatic nitrogens is 2. The van der Waals surface area contributed by atoms with Crippen LogP contribution in [0, 0.1) is 5.92 Å². The van der Waals surface area contributed by atoms with Gasteiger partial charge >= 0.3 is 0 Å². The van der Waals surface area contributed by atoms with E-state index in [0.717, 1.165) is 42.8 Å². The lowest BCUT2D eigenvalue weighted by Crippen LogP contribution is -2.32. The number of aryl methyl sites for hydroxylation is 1. The number of carbonyl (C=O) groups excluding carboxylic acids is 1. The molecule has 3 aromatic carbocycles. The second-order valence-corrected chi connectivity index (χ2v) is 9.11. The summed E-state index contributed by atoms with van der Waals surface area (Å²) in [5, 5.41) is 4.94. The molecule has 5 rings (SSSR count). The van der Waals surface area contributed by atoms with Gasteiger partial charge in [0.15, 0.2) is 0 Å². The highest BCUT2D eigenvalue weighted by molar-refractivity contribution is 5.94. The van der Waals surface area contributed by atoms with E-state index in [-0.39, 0.29) is 5.91 Å². The van der Waals surface area contributed by atoms with Gasteiger partial charge in [-0.1, -0.05) is 49.4 Å². The fourth-order valence-electron chi connectivity index (χ4n) is 4.33. The molecular weight excluding hydrogens is 450 g/mol. The van der Waals surface area contributed by atoms with Crippen LogP contribution < -0.4 is 9.47 Å². The van der Waals surface area contributed by atoms with Crippen LogP contribution in [0.3, 0.4) is 0 Å². The first kappa shape index (κ1) is 23.7. The van der Waals surface area contributed by atoms with Crippen molar-refractivity contribution in [3.05, 3.63) is 102 Å². The average molecular weight is 482 g/mol. The smallest absolute Gasteiger partial charge is 0.254 e. The highest BCUT2D eigenvalue weighted by Gasteiger charge is 2.30. The molecule has 0 atom stereocenters. The molecule has 0 saturated heterocycles. The number of benzene rings is 3. The summed E-state index contributed by atoms with van der Waals surface area (Å²) in [7, 11) is 1.64. The van der Waals surface area contributed by atoms with E-state index in [1.165, 1.54) is 0 Å². The average Bonchev–Trinajstić information content (AvgIpc) is 3.69. The zero-order valence-corrected chi connectivity index (χ0v) is 20.8. The molecule has 1 saturated carbocycles. The number of hydrogen-bond acceptors (Lipinski definition) is 4. The molecule has 0 N–H and O–H groups in total. The molecule has 0 aliphatic heterocycles. The monoisotopic (exact) mass is 481 g/mol. The minimum Gasteiger partial charge on any atom is -0.497 e. The molecule has 4 aromatic rings. The highest BCUT2D eigenvalue weighted by atomic mass is 16.5. The van der Waals surface area contributed by atoms with E-state index in [0.29, 0.717) is 35.4 Å². The lowest BCUT2D eigenvalue weighted by atomic mass is 10.1. The summed E-state index contributed by atoms with van der Waals surface area (Å²) in [4.78, 5) is 15.5. The highest BCUT2D eigenvalue weighted by Crippen LogP contribution is 2.35. The number of para-hydroxylation sites is 1. The Bertz CT molecular complexity index is 1310. The van der Waals surface area contributed by atoms with Crippen molar-refractivity contribution in [1.29, 1.82) is 0 Å². The summed E-state index contributed by atoms with van der Waals surface area (Å²) in [6.07, 6.45) is 3.05. The molecule has 1 heterocycles. The van der Waals surface area contributed by atoms with Gasteiger partial charge in [0.2, 0.25) is 5.88 Å². The van der Waals surface area contributed by atoms with Gasteiger partial charge < -0.3 is 14.4 Å². The van der Waals surface area contributed by atoms with Gasteiger partial charge in [-0.2, -0.15) is 5.10 Å². The topological polar surface area (TPSA) is 56.6 Å². The van der Waals surface area contributed by atoms with Gasteiger partial charge in [0.25, 0.3) is 5.91 Å². The van der Waals surface area contributed by atoms with Crippen molar-refractivity contribution in [2.75, 3.05) is 13.7 Å². The summed E-state index contributed by atoms with van der Waals surface area (Å²) < 4.78 is 13.8. The molecule has 1 aliphatic rings. The molecule has 0 radical (unpaired) electrons. The minimum atomic E-state index is 0.0318. The van der Waals surface area contributed by atoms with Crippen LogP contribution in [0.1, 0.15) is 41.4 Å². The predicted octanol–water partition coefficient (Wildman–Crippen LogP) is 6.29. The number of methoxy groups -OCH3 is 1. The van der Waals surface area contributed by atoms with E-state index in [1.54, 1.807) is 7.11 Å². The van der Waals surface area contributed by atoms with Crippen LogP contribution in [0.4, 0.5) is 0 Å². The van der Waals surface area contributed by atoms with Crippen LogP contribution in [-0.4, -0.2) is 34.2 Å². The van der Waals surface area contributed by atoms with Gasteiger partial charge in [0.05, 0.1) is 30.6 Å². The Morgan fingerprint density at radius 3 is 2.33 bits per heavy atom. The van der Waals surface area contributed by atoms with Crippen LogP contribution in [0.2, 0.25) is 0 Å². The van der Waals surface area contributed by atoms with Crippen molar-refractivity contribution in [2.24, 2.45) is 5.92 Å². The van der Waals surface area contributed by atoms with Crippen molar-refractivity contribution in [2.45, 2.75) is 32.7 Å². The maximum absolute atomic E-state index is 13.6. The van der Waals surface area contributed by atoms with E-state index in [2.05, 4.69) is 6.92 Å². The minimum absolute atomic E-state index is 0.0318. The number of amides is 1. The van der Waals surface area contributed by atoms with Gasteiger partial charge in [0, 0.05) is 18.2 Å². The van der Waals surface area contributed by atoms with Crippen LogP contribution in [0.15, 0.2) is 84.9 Å². The molecule has 0 unspecified atom stereocenters. The van der Waals surface area contributed by atoms with E-state index < -0.39 is 0 Å². The standard InChI is InChI=1S/C30H31N3O3/c1-3-28-27(21-32(20-22-17-18-22)29(34)23-11-6-4-7-12-23)30(33(31-28)24-13-8-5-9-14-24)36-26-16-10-15-25(19-26)35-2/h4-16,19,22H,3,17-18,20-21H2,1-2H3. The summed E-state index contributed by atoms with van der Waals surface area (Å²) in [6, 6.07) is 27.0. The zero-order valence-electron chi connectivity index (χ0n) is 20.8. The Balaban J connectivity index is 1.57. The fourth-order valence-corrected chi connectivity index (χ4v) is 4.33. The first-order valence-corrected chi connectivity index (χ1v) is 12.5. The van der Waals surface area contributed by atoms with Crippen molar-refractivity contribution >= 4 is 5.91 Å². The van der Waals surface area contributed by atoms with Crippen LogP contribution in [-0.2, 0) is 13.0 Å². The number of carbonyl (C=O) groups is 1. The van der Waals surface area contributed by atoms with Crippen molar-refractivity contribution in [1.82, 2.24) is 14.7 Å². The van der Waals surface area contributed by atoms with Crippen LogP contribution in [0.25, 0.3) is 5.69 Å². The first-order chi connectivity index (χ1) is 17.7. The van der Waals surface area contributed by atoms with Crippen LogP contribution >= 0.6 is 0 Å². The number of ether oxygens (including phenoxy) is 2. The number of hydrogen-bond donors (Lipinski definition) is 0. The Hall–Kier alpha value is -4.06. The second kappa shape index (κ2) is 10.7. The van der Waals surface area contributed by atoms with E-state index in [4.69, 9.17) is 14.6 Å². The Morgan fingerprint density at radius 2 is 1.67 bits per heavy atom. The molecule has 0 bridgehead atoms. The summed E-state index contributed by atoms with van der Waals surface area (Å²) in [5.74, 6) is 2.57. The zero-order chi connectivity index (χ0) is 24.9. The molecule has 0 spiro atoms. The predicted molar refractivity (Wildman–Crippen MR) is 140 cm³/mol. The molecule has 6 nitrogen and oxygen atoms in total. The van der Waals surface area contributed by atoms with Gasteiger partial charge in [-0.25, -0.2) is 4.68 Å². The van der Waals surface area contributed by atoms with Crippen LogP contribution in [0.5, 0.6) is 17.4 Å². The normalized spacial score (nSPS) is 12.8. The maximum Gasteiger partial charge on any atom is 0.254 e. The third kappa shape index (κ3) is 5.28. The lowest BCUT2D eigenvalue weighted by Gasteiger charge is -2.23. The molecule has 184 valence electrons. The molecule has 1 aromatic heterocycles.